The van der Waals surface area contributed by atoms with Gasteiger partial charge in [0.05, 0.1) is 0 Å². The second-order valence-electron chi connectivity index (χ2n) is 3.78. The molecule has 0 aliphatic carbocycles. The van der Waals surface area contributed by atoms with Crippen LogP contribution >= 0.6 is 0 Å². The van der Waals surface area contributed by atoms with Gasteiger partial charge in [0.15, 0.2) is 5.96 Å². The fourth-order valence-electron chi connectivity index (χ4n) is 1.47. The third-order valence-electron chi connectivity index (χ3n) is 2.61. The molecule has 2 rings (SSSR count). The number of anilines is 1. The van der Waals surface area contributed by atoms with Crippen LogP contribution in [-0.4, -0.2) is 23.9 Å². The van der Waals surface area contributed by atoms with Gasteiger partial charge >= 0.3 is 0 Å². The van der Waals surface area contributed by atoms with Gasteiger partial charge in [0.1, 0.15) is 0 Å². The van der Waals surface area contributed by atoms with Crippen LogP contribution in [0.15, 0.2) is 24.3 Å². The third-order valence-corrected chi connectivity index (χ3v) is 2.61. The van der Waals surface area contributed by atoms with Crippen molar-refractivity contribution < 1.29 is 0 Å². The summed E-state index contributed by atoms with van der Waals surface area (Å²) in [5, 5.41) is 10.8. The van der Waals surface area contributed by atoms with E-state index in [2.05, 4.69) is 5.32 Å². The quantitative estimate of drug-likeness (QED) is 0.382. The maximum atomic E-state index is 7.73. The minimum absolute atomic E-state index is 0.526. The largest absolute Gasteiger partial charge is 0.399 e. The molecule has 4 N–H and O–H groups in total. The van der Waals surface area contributed by atoms with Crippen molar-refractivity contribution in [2.75, 3.05) is 18.8 Å². The fraction of sp³-hybridized carbons (Fsp3) is 0.364. The molecule has 0 atom stereocenters. The lowest BCUT2D eigenvalue weighted by Gasteiger charge is -2.33. The van der Waals surface area contributed by atoms with E-state index in [0.29, 0.717) is 12.5 Å². The van der Waals surface area contributed by atoms with Crippen LogP contribution in [0.2, 0.25) is 0 Å². The summed E-state index contributed by atoms with van der Waals surface area (Å²) in [6.45, 7) is 2.71. The monoisotopic (exact) mass is 204 g/mol. The zero-order valence-corrected chi connectivity index (χ0v) is 8.66. The van der Waals surface area contributed by atoms with Gasteiger partial charge in [-0.05, 0) is 24.1 Å². The molecular weight excluding hydrogens is 188 g/mol. The zero-order chi connectivity index (χ0) is 10.7. The molecule has 1 saturated heterocycles. The van der Waals surface area contributed by atoms with Crippen molar-refractivity contribution in [3.8, 4) is 0 Å². The summed E-state index contributed by atoms with van der Waals surface area (Å²) in [7, 11) is 0. The minimum atomic E-state index is 0.526. The van der Waals surface area contributed by atoms with Gasteiger partial charge in [-0.3, -0.25) is 5.41 Å². The van der Waals surface area contributed by atoms with E-state index < -0.39 is 0 Å². The highest BCUT2D eigenvalue weighted by Crippen LogP contribution is 2.07. The van der Waals surface area contributed by atoms with E-state index in [1.54, 1.807) is 0 Å². The van der Waals surface area contributed by atoms with Crippen molar-refractivity contribution in [3.05, 3.63) is 29.8 Å². The van der Waals surface area contributed by atoms with Crippen LogP contribution in [0.5, 0.6) is 0 Å². The third kappa shape index (κ3) is 2.40. The first kappa shape index (κ1) is 9.83. The van der Waals surface area contributed by atoms with E-state index in [9.17, 15) is 0 Å². The Morgan fingerprint density at radius 3 is 2.53 bits per heavy atom. The molecule has 1 fully saturated rings. The number of guanidine groups is 1. The number of rotatable bonds is 2. The fourth-order valence-corrected chi connectivity index (χ4v) is 1.47. The number of nitrogen functional groups attached to an aromatic ring is 1. The Hall–Kier alpha value is -1.71. The number of hydrogen-bond donors (Lipinski definition) is 3. The van der Waals surface area contributed by atoms with Crippen LogP contribution in [0.1, 0.15) is 12.0 Å². The molecule has 0 spiro atoms. The predicted molar refractivity (Wildman–Crippen MR) is 61.6 cm³/mol. The first-order chi connectivity index (χ1) is 7.25. The minimum Gasteiger partial charge on any atom is -0.399 e. The molecule has 0 radical (unpaired) electrons. The van der Waals surface area contributed by atoms with Crippen molar-refractivity contribution in [2.24, 2.45) is 0 Å². The van der Waals surface area contributed by atoms with Gasteiger partial charge in [-0.25, -0.2) is 0 Å². The van der Waals surface area contributed by atoms with E-state index in [1.807, 2.05) is 29.2 Å². The molecule has 1 aromatic rings. The van der Waals surface area contributed by atoms with Gasteiger partial charge in [0.25, 0.3) is 0 Å². The van der Waals surface area contributed by atoms with Crippen molar-refractivity contribution in [3.63, 3.8) is 0 Å². The molecule has 1 aromatic carbocycles. The van der Waals surface area contributed by atoms with Crippen LogP contribution in [0.4, 0.5) is 5.69 Å². The van der Waals surface area contributed by atoms with Crippen LogP contribution in [-0.2, 0) is 6.54 Å². The topological polar surface area (TPSA) is 65.1 Å². The lowest BCUT2D eigenvalue weighted by atomic mass is 10.2. The summed E-state index contributed by atoms with van der Waals surface area (Å²) in [5.74, 6) is 0.526. The Kier molecular flexibility index (Phi) is 2.76. The van der Waals surface area contributed by atoms with Gasteiger partial charge in [-0.2, -0.15) is 0 Å². The summed E-state index contributed by atoms with van der Waals surface area (Å²) in [4.78, 5) is 2.03. The highest BCUT2D eigenvalue weighted by molar-refractivity contribution is 5.77. The molecule has 80 valence electrons. The highest BCUT2D eigenvalue weighted by Gasteiger charge is 2.16. The summed E-state index contributed by atoms with van der Waals surface area (Å²) < 4.78 is 0. The van der Waals surface area contributed by atoms with Gasteiger partial charge in [0.2, 0.25) is 0 Å². The van der Waals surface area contributed by atoms with E-state index >= 15 is 0 Å². The van der Waals surface area contributed by atoms with Crippen LogP contribution in [0.25, 0.3) is 0 Å². The van der Waals surface area contributed by atoms with Crippen molar-refractivity contribution in [1.29, 1.82) is 5.41 Å². The summed E-state index contributed by atoms with van der Waals surface area (Å²) >= 11 is 0. The van der Waals surface area contributed by atoms with E-state index in [-0.39, 0.29) is 0 Å². The molecule has 1 aliphatic rings. The molecular formula is C11H16N4. The average molecular weight is 204 g/mol. The Morgan fingerprint density at radius 1 is 1.33 bits per heavy atom. The van der Waals surface area contributed by atoms with Gasteiger partial charge < -0.3 is 16.0 Å². The molecule has 0 unspecified atom stereocenters. The first-order valence-electron chi connectivity index (χ1n) is 5.17. The maximum absolute atomic E-state index is 7.73. The average Bonchev–Trinajstić information content (AvgIpc) is 2.14. The Bertz CT molecular complexity index is 340. The second-order valence-corrected chi connectivity index (χ2v) is 3.78. The summed E-state index contributed by atoms with van der Waals surface area (Å²) in [5.41, 5.74) is 7.51. The molecule has 0 bridgehead atoms. The van der Waals surface area contributed by atoms with Crippen LogP contribution in [0.3, 0.4) is 0 Å². The van der Waals surface area contributed by atoms with Crippen molar-refractivity contribution >= 4 is 11.6 Å². The number of benzene rings is 1. The number of hydrogen-bond acceptors (Lipinski definition) is 2. The number of nitrogens with one attached hydrogen (secondary N) is 2. The maximum Gasteiger partial charge on any atom is 0.191 e. The molecule has 15 heavy (non-hydrogen) atoms. The molecule has 0 saturated carbocycles. The SMILES string of the molecule is N=C(NCc1ccc(N)cc1)N1CCC1. The van der Waals surface area contributed by atoms with Crippen molar-refractivity contribution in [2.45, 2.75) is 13.0 Å². The Labute approximate surface area is 89.6 Å². The molecule has 0 aromatic heterocycles. The smallest absolute Gasteiger partial charge is 0.191 e. The summed E-state index contributed by atoms with van der Waals surface area (Å²) in [6, 6.07) is 7.71. The second kappa shape index (κ2) is 4.21. The van der Waals surface area contributed by atoms with Crippen molar-refractivity contribution in [1.82, 2.24) is 10.2 Å². The van der Waals surface area contributed by atoms with E-state index in [0.717, 1.165) is 24.3 Å². The normalized spacial score (nSPS) is 14.5. The molecule has 0 amide bonds. The van der Waals surface area contributed by atoms with Gasteiger partial charge in [-0.15, -0.1) is 0 Å². The van der Waals surface area contributed by atoms with Crippen LogP contribution < -0.4 is 11.1 Å². The molecule has 4 nitrogen and oxygen atoms in total. The zero-order valence-electron chi connectivity index (χ0n) is 8.66. The van der Waals surface area contributed by atoms with Gasteiger partial charge in [-0.1, -0.05) is 12.1 Å². The van der Waals surface area contributed by atoms with E-state index in [4.69, 9.17) is 11.1 Å². The summed E-state index contributed by atoms with van der Waals surface area (Å²) in [6.07, 6.45) is 1.20. The molecule has 1 aliphatic heterocycles. The highest BCUT2D eigenvalue weighted by atomic mass is 15.3. The standard InChI is InChI=1S/C11H16N4/c12-10-4-2-9(3-5-10)8-14-11(13)15-6-1-7-15/h2-5H,1,6-8,12H2,(H2,13,14). The Balaban J connectivity index is 1.82. The van der Waals surface area contributed by atoms with Gasteiger partial charge in [0, 0.05) is 25.3 Å². The molecule has 4 heteroatoms. The number of nitrogens with two attached hydrogens (primary N) is 1. The first-order valence-corrected chi connectivity index (χ1v) is 5.17. The lowest BCUT2D eigenvalue weighted by molar-refractivity contribution is 0.287. The van der Waals surface area contributed by atoms with E-state index in [1.165, 1.54) is 6.42 Å². The van der Waals surface area contributed by atoms with Crippen LogP contribution in [0, 0.1) is 5.41 Å². The number of likely N-dealkylation sites (tertiary alicyclic amines) is 1. The molecule has 1 heterocycles. The predicted octanol–water partition coefficient (Wildman–Crippen LogP) is 0.999. The Morgan fingerprint density at radius 2 is 2.00 bits per heavy atom. The lowest BCUT2D eigenvalue weighted by Crippen LogP contribution is -2.47. The number of nitrogens with zero attached hydrogens (tertiary/aromatic N) is 1.